The topological polar surface area (TPSA) is 152 Å². The van der Waals surface area contributed by atoms with Crippen LogP contribution < -0.4 is 22.1 Å². The number of halogens is 1. The van der Waals surface area contributed by atoms with E-state index in [2.05, 4.69) is 25.6 Å². The van der Waals surface area contributed by atoms with Crippen LogP contribution in [-0.4, -0.2) is 57.8 Å². The van der Waals surface area contributed by atoms with Gasteiger partial charge in [0.15, 0.2) is 28.4 Å². The van der Waals surface area contributed by atoms with E-state index in [0.29, 0.717) is 32.0 Å². The summed E-state index contributed by atoms with van der Waals surface area (Å²) in [6.45, 7) is 3.72. The Kier molecular flexibility index (Phi) is 4.86. The van der Waals surface area contributed by atoms with Crippen LogP contribution in [0, 0.1) is 0 Å². The molecule has 11 heteroatoms. The van der Waals surface area contributed by atoms with Crippen molar-refractivity contribution < 1.29 is 9.59 Å². The van der Waals surface area contributed by atoms with Gasteiger partial charge in [0.25, 0.3) is 5.91 Å². The van der Waals surface area contributed by atoms with Crippen molar-refractivity contribution in [3.05, 3.63) is 10.8 Å². The van der Waals surface area contributed by atoms with Crippen molar-refractivity contribution in [2.24, 2.45) is 4.99 Å². The molecule has 0 saturated carbocycles. The SMILES string of the molecule is CCC(=O)N1CCC2(CC1)CN=C(NC(=O)c1nc(Cl)c(N)nc1N)N2. The van der Waals surface area contributed by atoms with Gasteiger partial charge in [0.1, 0.15) is 0 Å². The largest absolute Gasteiger partial charge is 0.382 e. The average Bonchev–Trinajstić information content (AvgIpc) is 3.00. The highest BCUT2D eigenvalue weighted by molar-refractivity contribution is 6.31. The molecule has 1 spiro atoms. The zero-order chi connectivity index (χ0) is 18.9. The first-order valence-corrected chi connectivity index (χ1v) is 8.71. The minimum atomic E-state index is -0.571. The Bertz CT molecular complexity index is 773. The van der Waals surface area contributed by atoms with E-state index in [1.807, 2.05) is 11.8 Å². The van der Waals surface area contributed by atoms with Crippen LogP contribution in [0.25, 0.3) is 0 Å². The van der Waals surface area contributed by atoms with Crippen molar-refractivity contribution >= 4 is 41.0 Å². The zero-order valence-electron chi connectivity index (χ0n) is 14.4. The Labute approximate surface area is 155 Å². The zero-order valence-corrected chi connectivity index (χ0v) is 15.1. The molecular weight excluding hydrogens is 360 g/mol. The van der Waals surface area contributed by atoms with E-state index in [9.17, 15) is 9.59 Å². The Morgan fingerprint density at radius 2 is 1.96 bits per heavy atom. The fourth-order valence-electron chi connectivity index (χ4n) is 3.10. The number of amides is 2. The molecule has 0 radical (unpaired) electrons. The highest BCUT2D eigenvalue weighted by Crippen LogP contribution is 2.26. The standard InChI is InChI=1S/C15H21ClN8O2/c1-2-8(25)24-5-3-15(4-6-24)7-19-14(23-15)22-13(26)9-11(17)21-12(18)10(16)20-9/h2-7H2,1H3,(H4,17,18,21)(H2,19,22,23,26). The molecule has 3 rings (SSSR count). The number of likely N-dealkylation sites (tertiary alicyclic amines) is 1. The van der Waals surface area contributed by atoms with Crippen molar-refractivity contribution in [3.8, 4) is 0 Å². The third kappa shape index (κ3) is 3.50. The van der Waals surface area contributed by atoms with Crippen LogP contribution in [0.3, 0.4) is 0 Å². The van der Waals surface area contributed by atoms with Crippen LogP contribution >= 0.6 is 11.6 Å². The van der Waals surface area contributed by atoms with Gasteiger partial charge in [-0.25, -0.2) is 9.97 Å². The Morgan fingerprint density at radius 1 is 1.27 bits per heavy atom. The Morgan fingerprint density at radius 3 is 2.62 bits per heavy atom. The first kappa shape index (κ1) is 18.2. The number of aromatic nitrogens is 2. The summed E-state index contributed by atoms with van der Waals surface area (Å²) in [7, 11) is 0. The van der Waals surface area contributed by atoms with E-state index in [-0.39, 0.29) is 33.9 Å². The number of nitrogen functional groups attached to an aromatic ring is 2. The fourth-order valence-corrected chi connectivity index (χ4v) is 3.22. The lowest BCUT2D eigenvalue weighted by atomic mass is 9.88. The molecule has 26 heavy (non-hydrogen) atoms. The number of hydrogen-bond donors (Lipinski definition) is 4. The predicted molar refractivity (Wildman–Crippen MR) is 97.6 cm³/mol. The minimum Gasteiger partial charge on any atom is -0.382 e. The first-order valence-electron chi connectivity index (χ1n) is 8.34. The molecule has 0 bridgehead atoms. The molecule has 1 saturated heterocycles. The molecule has 2 aliphatic rings. The number of nitrogens with one attached hydrogen (secondary N) is 2. The van der Waals surface area contributed by atoms with E-state index in [0.717, 1.165) is 12.8 Å². The lowest BCUT2D eigenvalue weighted by Crippen LogP contribution is -2.56. The number of nitrogens with zero attached hydrogens (tertiary/aromatic N) is 4. The molecule has 3 heterocycles. The second kappa shape index (κ2) is 6.94. The monoisotopic (exact) mass is 380 g/mol. The molecule has 0 aromatic carbocycles. The summed E-state index contributed by atoms with van der Waals surface area (Å²) >= 11 is 5.80. The molecule has 10 nitrogen and oxygen atoms in total. The second-order valence-electron chi connectivity index (χ2n) is 6.39. The highest BCUT2D eigenvalue weighted by atomic mass is 35.5. The van der Waals surface area contributed by atoms with Gasteiger partial charge >= 0.3 is 0 Å². The van der Waals surface area contributed by atoms with E-state index in [1.54, 1.807) is 0 Å². The summed E-state index contributed by atoms with van der Waals surface area (Å²) < 4.78 is 0. The normalized spacial score (nSPS) is 18.4. The van der Waals surface area contributed by atoms with E-state index < -0.39 is 5.91 Å². The molecule has 2 aliphatic heterocycles. The van der Waals surface area contributed by atoms with E-state index in [4.69, 9.17) is 23.1 Å². The van der Waals surface area contributed by atoms with Gasteiger partial charge in [0.05, 0.1) is 12.1 Å². The van der Waals surface area contributed by atoms with E-state index in [1.165, 1.54) is 0 Å². The van der Waals surface area contributed by atoms with Gasteiger partial charge < -0.3 is 21.7 Å². The Hall–Kier alpha value is -2.62. The molecule has 6 N–H and O–H groups in total. The maximum Gasteiger partial charge on any atom is 0.280 e. The molecule has 0 unspecified atom stereocenters. The van der Waals surface area contributed by atoms with Crippen LogP contribution in [0.15, 0.2) is 4.99 Å². The third-order valence-electron chi connectivity index (χ3n) is 4.65. The molecule has 0 aliphatic carbocycles. The number of aliphatic imine (C=N–C) groups is 1. The quantitative estimate of drug-likeness (QED) is 0.552. The van der Waals surface area contributed by atoms with Crippen molar-refractivity contribution in [2.75, 3.05) is 31.1 Å². The number of carbonyl (C=O) groups is 2. The van der Waals surface area contributed by atoms with Crippen molar-refractivity contribution in [3.63, 3.8) is 0 Å². The van der Waals surface area contributed by atoms with Crippen LogP contribution in [-0.2, 0) is 4.79 Å². The molecular formula is C15H21ClN8O2. The van der Waals surface area contributed by atoms with Gasteiger partial charge in [-0.15, -0.1) is 0 Å². The predicted octanol–water partition coefficient (Wildman–Crippen LogP) is -0.245. The number of piperidine rings is 1. The highest BCUT2D eigenvalue weighted by Gasteiger charge is 2.39. The number of rotatable bonds is 2. The molecule has 1 aromatic rings. The van der Waals surface area contributed by atoms with Gasteiger partial charge in [-0.1, -0.05) is 18.5 Å². The molecule has 1 fully saturated rings. The van der Waals surface area contributed by atoms with Crippen LogP contribution in [0.2, 0.25) is 5.15 Å². The number of carbonyl (C=O) groups excluding carboxylic acids is 2. The average molecular weight is 381 g/mol. The third-order valence-corrected chi connectivity index (χ3v) is 4.93. The maximum absolute atomic E-state index is 12.4. The lowest BCUT2D eigenvalue weighted by Gasteiger charge is -2.39. The maximum atomic E-state index is 12.4. The van der Waals surface area contributed by atoms with Crippen LogP contribution in [0.5, 0.6) is 0 Å². The number of hydrogen-bond acceptors (Lipinski definition) is 8. The number of nitrogens with two attached hydrogens (primary N) is 2. The smallest absolute Gasteiger partial charge is 0.280 e. The van der Waals surface area contributed by atoms with Crippen LogP contribution in [0.1, 0.15) is 36.7 Å². The van der Waals surface area contributed by atoms with Crippen molar-refractivity contribution in [2.45, 2.75) is 31.7 Å². The summed E-state index contributed by atoms with van der Waals surface area (Å²) in [5.74, 6) is -0.215. The summed E-state index contributed by atoms with van der Waals surface area (Å²) in [6.07, 6.45) is 2.03. The number of guanidine groups is 1. The summed E-state index contributed by atoms with van der Waals surface area (Å²) in [5.41, 5.74) is 10.8. The Balaban J connectivity index is 1.61. The molecule has 0 atom stereocenters. The number of anilines is 2. The van der Waals surface area contributed by atoms with Gasteiger partial charge in [-0.05, 0) is 12.8 Å². The summed E-state index contributed by atoms with van der Waals surface area (Å²) in [6, 6.07) is 0. The fraction of sp³-hybridized carbons (Fsp3) is 0.533. The first-order chi connectivity index (χ1) is 12.3. The molecule has 140 valence electrons. The lowest BCUT2D eigenvalue weighted by molar-refractivity contribution is -0.132. The van der Waals surface area contributed by atoms with Crippen molar-refractivity contribution in [1.29, 1.82) is 0 Å². The second-order valence-corrected chi connectivity index (χ2v) is 6.75. The molecule has 1 aromatic heterocycles. The minimum absolute atomic E-state index is 0.0376. The van der Waals surface area contributed by atoms with Gasteiger partial charge in [0, 0.05) is 19.5 Å². The summed E-state index contributed by atoms with van der Waals surface area (Å²) in [5, 5.41) is 5.81. The van der Waals surface area contributed by atoms with E-state index >= 15 is 0 Å². The van der Waals surface area contributed by atoms with Gasteiger partial charge in [-0.2, -0.15) is 0 Å². The van der Waals surface area contributed by atoms with Crippen molar-refractivity contribution in [1.82, 2.24) is 25.5 Å². The van der Waals surface area contributed by atoms with Gasteiger partial charge in [0.2, 0.25) is 5.91 Å². The van der Waals surface area contributed by atoms with Gasteiger partial charge in [-0.3, -0.25) is 19.9 Å². The molecule has 2 amide bonds. The van der Waals surface area contributed by atoms with Crippen LogP contribution in [0.4, 0.5) is 11.6 Å². The summed E-state index contributed by atoms with van der Waals surface area (Å²) in [4.78, 5) is 38.0.